The lowest BCUT2D eigenvalue weighted by molar-refractivity contribution is -0.141. The maximum Gasteiger partial charge on any atom is 0.308 e. The summed E-state index contributed by atoms with van der Waals surface area (Å²) in [4.78, 5) is 26.4. The number of likely N-dealkylation sites (tertiary alicyclic amines) is 1. The van der Waals surface area contributed by atoms with Crippen molar-refractivity contribution in [1.82, 2.24) is 14.7 Å². The molecule has 1 amide bonds. The Morgan fingerprint density at radius 3 is 2.70 bits per heavy atom. The summed E-state index contributed by atoms with van der Waals surface area (Å²) in [6, 6.07) is 7.22. The molecule has 1 saturated heterocycles. The minimum absolute atomic E-state index is 0.163. The van der Waals surface area contributed by atoms with E-state index in [2.05, 4.69) is 5.10 Å². The fourth-order valence-corrected chi connectivity index (χ4v) is 3.76. The molecule has 2 aromatic rings. The van der Waals surface area contributed by atoms with Gasteiger partial charge in [0.25, 0.3) is 5.91 Å². The summed E-state index contributed by atoms with van der Waals surface area (Å²) in [5, 5.41) is 14.0. The van der Waals surface area contributed by atoms with E-state index in [0.717, 1.165) is 17.7 Å². The summed E-state index contributed by atoms with van der Waals surface area (Å²) < 4.78 is 12.3. The van der Waals surface area contributed by atoms with Crippen molar-refractivity contribution in [2.24, 2.45) is 13.0 Å². The van der Waals surface area contributed by atoms with Crippen LogP contribution in [0.4, 0.5) is 0 Å². The number of nitrogens with zero attached hydrogens (tertiary/aromatic N) is 3. The summed E-state index contributed by atoms with van der Waals surface area (Å²) >= 11 is 0. The van der Waals surface area contributed by atoms with Crippen LogP contribution in [0.2, 0.25) is 0 Å². The molecule has 0 radical (unpaired) electrons. The lowest BCUT2D eigenvalue weighted by Crippen LogP contribution is -2.31. The molecule has 8 heteroatoms. The largest absolute Gasteiger partial charge is 0.481 e. The summed E-state index contributed by atoms with van der Waals surface area (Å²) in [6.45, 7) is 2.64. The first-order valence-corrected chi connectivity index (χ1v) is 8.92. The summed E-state index contributed by atoms with van der Waals surface area (Å²) in [5.74, 6) is -0.821. The Kier molecular flexibility index (Phi) is 4.25. The van der Waals surface area contributed by atoms with Gasteiger partial charge >= 0.3 is 5.97 Å². The fraction of sp³-hybridized carbons (Fsp3) is 0.421. The number of aromatic nitrogens is 2. The standard InChI is InChI=1S/C19H21N3O5/c1-3-12-7-15(21(2)20-12)18(23)22-8-13(14(9-22)19(24)25)11-4-5-16-17(6-11)27-10-26-16/h4-7,13-14H,3,8-10H2,1-2H3,(H,24,25)/t13-,14+/m0/s1. The minimum atomic E-state index is -0.910. The number of hydrogen-bond acceptors (Lipinski definition) is 5. The van der Waals surface area contributed by atoms with Crippen molar-refractivity contribution in [3.63, 3.8) is 0 Å². The molecular formula is C19H21N3O5. The normalized spacial score (nSPS) is 20.9. The number of carboxylic acid groups (broad SMARTS) is 1. The van der Waals surface area contributed by atoms with Gasteiger partial charge in [-0.1, -0.05) is 13.0 Å². The molecule has 2 atom stereocenters. The quantitative estimate of drug-likeness (QED) is 0.878. The van der Waals surface area contributed by atoms with Gasteiger partial charge in [-0.3, -0.25) is 14.3 Å². The second-order valence-corrected chi connectivity index (χ2v) is 6.87. The van der Waals surface area contributed by atoms with E-state index in [9.17, 15) is 14.7 Å². The van der Waals surface area contributed by atoms with Crippen LogP contribution in [0.3, 0.4) is 0 Å². The third-order valence-corrected chi connectivity index (χ3v) is 5.26. The van der Waals surface area contributed by atoms with E-state index in [1.807, 2.05) is 19.1 Å². The molecule has 142 valence electrons. The first-order valence-electron chi connectivity index (χ1n) is 8.92. The lowest BCUT2D eigenvalue weighted by Gasteiger charge is -2.16. The SMILES string of the molecule is CCc1cc(C(=O)N2C[C@@H](C(=O)O)[C@H](c3ccc4c(c3)OCO4)C2)n(C)n1. The molecule has 1 fully saturated rings. The number of aliphatic carboxylic acids is 1. The Labute approximate surface area is 156 Å². The zero-order valence-electron chi connectivity index (χ0n) is 15.2. The minimum Gasteiger partial charge on any atom is -0.481 e. The number of carboxylic acids is 1. The molecule has 2 aliphatic heterocycles. The molecule has 27 heavy (non-hydrogen) atoms. The predicted molar refractivity (Wildman–Crippen MR) is 94.9 cm³/mol. The van der Waals surface area contributed by atoms with Crippen LogP contribution < -0.4 is 9.47 Å². The highest BCUT2D eigenvalue weighted by molar-refractivity contribution is 5.93. The smallest absolute Gasteiger partial charge is 0.308 e. The average Bonchev–Trinajstić information content (AvgIpc) is 3.37. The van der Waals surface area contributed by atoms with Crippen molar-refractivity contribution >= 4 is 11.9 Å². The molecule has 1 aromatic heterocycles. The third-order valence-electron chi connectivity index (χ3n) is 5.26. The third kappa shape index (κ3) is 3.01. The van der Waals surface area contributed by atoms with Crippen molar-refractivity contribution in [2.75, 3.05) is 19.9 Å². The summed E-state index contributed by atoms with van der Waals surface area (Å²) in [7, 11) is 1.73. The molecule has 3 heterocycles. The van der Waals surface area contributed by atoms with Gasteiger partial charge in [-0.2, -0.15) is 5.10 Å². The molecule has 0 unspecified atom stereocenters. The Balaban J connectivity index is 1.61. The number of fused-ring (bicyclic) bond motifs is 1. The Morgan fingerprint density at radius 1 is 1.22 bits per heavy atom. The van der Waals surface area contributed by atoms with E-state index in [-0.39, 0.29) is 25.2 Å². The fourth-order valence-electron chi connectivity index (χ4n) is 3.76. The molecule has 0 spiro atoms. The first-order chi connectivity index (χ1) is 13.0. The van der Waals surface area contributed by atoms with Gasteiger partial charge in [0.1, 0.15) is 5.69 Å². The van der Waals surface area contributed by atoms with Crippen LogP contribution in [0.1, 0.15) is 34.6 Å². The van der Waals surface area contributed by atoms with Crippen molar-refractivity contribution in [3.8, 4) is 11.5 Å². The lowest BCUT2D eigenvalue weighted by atomic mass is 9.89. The van der Waals surface area contributed by atoms with Gasteiger partial charge < -0.3 is 19.5 Å². The maximum atomic E-state index is 13.0. The van der Waals surface area contributed by atoms with Gasteiger partial charge in [-0.25, -0.2) is 0 Å². The Hall–Kier alpha value is -3.03. The number of ether oxygens (including phenoxy) is 2. The zero-order chi connectivity index (χ0) is 19.1. The monoisotopic (exact) mass is 371 g/mol. The van der Waals surface area contributed by atoms with E-state index in [0.29, 0.717) is 23.7 Å². The number of amides is 1. The Morgan fingerprint density at radius 2 is 2.00 bits per heavy atom. The number of hydrogen-bond donors (Lipinski definition) is 1. The van der Waals surface area contributed by atoms with E-state index in [1.54, 1.807) is 28.8 Å². The van der Waals surface area contributed by atoms with E-state index in [4.69, 9.17) is 9.47 Å². The van der Waals surface area contributed by atoms with Gasteiger partial charge in [0.2, 0.25) is 6.79 Å². The number of carbonyl (C=O) groups is 2. The molecule has 2 aliphatic rings. The van der Waals surface area contributed by atoms with Crippen molar-refractivity contribution < 1.29 is 24.2 Å². The second-order valence-electron chi connectivity index (χ2n) is 6.87. The highest BCUT2D eigenvalue weighted by Crippen LogP contribution is 2.39. The van der Waals surface area contributed by atoms with Crippen LogP contribution in [-0.2, 0) is 18.3 Å². The van der Waals surface area contributed by atoms with Gasteiger partial charge in [0.05, 0.1) is 11.6 Å². The van der Waals surface area contributed by atoms with Crippen molar-refractivity contribution in [2.45, 2.75) is 19.3 Å². The molecule has 1 aromatic carbocycles. The topological polar surface area (TPSA) is 93.9 Å². The van der Waals surface area contributed by atoms with E-state index in [1.165, 1.54) is 0 Å². The maximum absolute atomic E-state index is 13.0. The van der Waals surface area contributed by atoms with Crippen LogP contribution in [0.5, 0.6) is 11.5 Å². The molecular weight excluding hydrogens is 350 g/mol. The second kappa shape index (κ2) is 6.61. The van der Waals surface area contributed by atoms with Crippen molar-refractivity contribution in [1.29, 1.82) is 0 Å². The van der Waals surface area contributed by atoms with Gasteiger partial charge in [0.15, 0.2) is 11.5 Å². The number of aryl methyl sites for hydroxylation is 2. The van der Waals surface area contributed by atoms with E-state index >= 15 is 0 Å². The van der Waals surface area contributed by atoms with Crippen LogP contribution >= 0.6 is 0 Å². The summed E-state index contributed by atoms with van der Waals surface area (Å²) in [5.41, 5.74) is 2.14. The van der Waals surface area contributed by atoms with Crippen LogP contribution in [0, 0.1) is 5.92 Å². The molecule has 1 N–H and O–H groups in total. The highest BCUT2D eigenvalue weighted by atomic mass is 16.7. The van der Waals surface area contributed by atoms with Gasteiger partial charge in [-0.15, -0.1) is 0 Å². The van der Waals surface area contributed by atoms with Crippen LogP contribution in [0.25, 0.3) is 0 Å². The van der Waals surface area contributed by atoms with E-state index < -0.39 is 11.9 Å². The van der Waals surface area contributed by atoms with Crippen molar-refractivity contribution in [3.05, 3.63) is 41.2 Å². The predicted octanol–water partition coefficient (Wildman–Crippen LogP) is 1.65. The van der Waals surface area contributed by atoms with Gasteiger partial charge in [-0.05, 0) is 30.2 Å². The number of rotatable bonds is 4. The summed E-state index contributed by atoms with van der Waals surface area (Å²) in [6.07, 6.45) is 0.735. The molecule has 0 saturated carbocycles. The molecule has 4 rings (SSSR count). The van der Waals surface area contributed by atoms with Gasteiger partial charge in [0, 0.05) is 26.1 Å². The number of benzene rings is 1. The van der Waals surface area contributed by atoms with Crippen LogP contribution in [-0.4, -0.2) is 51.5 Å². The molecule has 8 nitrogen and oxygen atoms in total. The Bertz CT molecular complexity index is 907. The number of carbonyl (C=O) groups excluding carboxylic acids is 1. The molecule has 0 bridgehead atoms. The first kappa shape index (κ1) is 17.4. The zero-order valence-corrected chi connectivity index (χ0v) is 15.2. The van der Waals surface area contributed by atoms with Crippen LogP contribution in [0.15, 0.2) is 24.3 Å². The highest BCUT2D eigenvalue weighted by Gasteiger charge is 2.41. The average molecular weight is 371 g/mol. The molecule has 0 aliphatic carbocycles.